The lowest BCUT2D eigenvalue weighted by molar-refractivity contribution is -0.131. The smallest absolute Gasteiger partial charge is 0.264 e. The van der Waals surface area contributed by atoms with Crippen LogP contribution in [-0.2, 0) is 16.1 Å². The van der Waals surface area contributed by atoms with Crippen LogP contribution in [0.4, 0.5) is 0 Å². The predicted octanol–water partition coefficient (Wildman–Crippen LogP) is 3.20. The van der Waals surface area contributed by atoms with Crippen molar-refractivity contribution in [2.45, 2.75) is 18.9 Å². The Morgan fingerprint density at radius 3 is 2.64 bits per heavy atom. The fourth-order valence-corrected chi connectivity index (χ4v) is 2.69. The van der Waals surface area contributed by atoms with Crippen molar-refractivity contribution in [2.75, 3.05) is 13.7 Å². The number of nitrogens with zero attached hydrogens (tertiary/aromatic N) is 1. The van der Waals surface area contributed by atoms with Gasteiger partial charge in [0.15, 0.2) is 0 Å². The number of ether oxygens (including phenoxy) is 1. The van der Waals surface area contributed by atoms with Gasteiger partial charge in [0.1, 0.15) is 5.75 Å². The van der Waals surface area contributed by atoms with Gasteiger partial charge in [-0.2, -0.15) is 0 Å². The van der Waals surface area contributed by atoms with E-state index in [0.717, 1.165) is 29.0 Å². The molecule has 0 saturated heterocycles. The van der Waals surface area contributed by atoms with Gasteiger partial charge in [0.05, 0.1) is 12.8 Å². The summed E-state index contributed by atoms with van der Waals surface area (Å²) in [6.07, 6.45) is 0.614. The first-order chi connectivity index (χ1) is 12.2. The van der Waals surface area contributed by atoms with Crippen LogP contribution in [0.1, 0.15) is 17.5 Å². The highest BCUT2D eigenvalue weighted by Crippen LogP contribution is 2.19. The number of nitrogens with one attached hydrogen (secondary N) is 1. The summed E-state index contributed by atoms with van der Waals surface area (Å²) in [5, 5.41) is 7.63. The number of hydrogen-bond acceptors (Lipinski definition) is 4. The zero-order chi connectivity index (χ0) is 17.6. The first-order valence-electron chi connectivity index (χ1n) is 8.05. The van der Waals surface area contributed by atoms with Crippen LogP contribution < -0.4 is 10.1 Å². The zero-order valence-corrected chi connectivity index (χ0v) is 14.6. The molecule has 0 radical (unpaired) electrons. The van der Waals surface area contributed by atoms with E-state index in [0.29, 0.717) is 18.0 Å². The fraction of sp³-hybridized carbons (Fsp3) is 0.263. The van der Waals surface area contributed by atoms with E-state index < -0.39 is 6.10 Å². The van der Waals surface area contributed by atoms with Crippen LogP contribution in [0.2, 0.25) is 5.02 Å². The number of hydrogen-bond donors (Lipinski definition) is 1. The highest BCUT2D eigenvalue weighted by atomic mass is 35.5. The highest BCUT2D eigenvalue weighted by molar-refractivity contribution is 6.30. The summed E-state index contributed by atoms with van der Waals surface area (Å²) in [5.74, 6) is 0.626. The molecule has 0 fully saturated rings. The van der Waals surface area contributed by atoms with Gasteiger partial charge < -0.3 is 14.9 Å². The maximum atomic E-state index is 12.2. The third-order valence-corrected chi connectivity index (χ3v) is 4.26. The maximum Gasteiger partial charge on any atom is 0.264 e. The minimum absolute atomic E-state index is 0.152. The van der Waals surface area contributed by atoms with E-state index >= 15 is 0 Å². The molecule has 1 amide bonds. The molecule has 1 aliphatic rings. The third-order valence-electron chi connectivity index (χ3n) is 4.01. The monoisotopic (exact) mass is 358 g/mol. The Labute approximate surface area is 151 Å². The number of carbonyl (C=O) groups is 1. The number of rotatable bonds is 6. The van der Waals surface area contributed by atoms with Crippen molar-refractivity contribution in [3.05, 3.63) is 64.7 Å². The van der Waals surface area contributed by atoms with Crippen molar-refractivity contribution >= 4 is 23.2 Å². The van der Waals surface area contributed by atoms with Gasteiger partial charge in [-0.25, -0.2) is 0 Å². The second-order valence-corrected chi connectivity index (χ2v) is 6.17. The molecule has 2 aromatic carbocycles. The first-order valence-corrected chi connectivity index (χ1v) is 8.43. The van der Waals surface area contributed by atoms with Gasteiger partial charge in [0, 0.05) is 18.0 Å². The molecule has 0 bridgehead atoms. The number of halogens is 1. The van der Waals surface area contributed by atoms with E-state index in [1.54, 1.807) is 7.11 Å². The molecule has 0 aromatic heterocycles. The van der Waals surface area contributed by atoms with E-state index in [1.807, 2.05) is 48.5 Å². The van der Waals surface area contributed by atoms with Gasteiger partial charge in [-0.15, -0.1) is 0 Å². The summed E-state index contributed by atoms with van der Waals surface area (Å²) in [6.45, 7) is 0.540. The molecule has 2 aromatic rings. The molecule has 1 unspecified atom stereocenters. The predicted molar refractivity (Wildman–Crippen MR) is 97.2 cm³/mol. The van der Waals surface area contributed by atoms with Crippen LogP contribution in [0.25, 0.3) is 0 Å². The van der Waals surface area contributed by atoms with Gasteiger partial charge in [0.25, 0.3) is 5.91 Å². The summed E-state index contributed by atoms with van der Waals surface area (Å²) < 4.78 is 5.14. The van der Waals surface area contributed by atoms with Crippen LogP contribution >= 0.6 is 11.6 Å². The summed E-state index contributed by atoms with van der Waals surface area (Å²) in [5.41, 5.74) is 2.81. The third kappa shape index (κ3) is 4.51. The SMILES string of the molecule is COc1ccc(C2=NOC(C(=O)NCCc3ccc(Cl)cc3)C2)cc1. The van der Waals surface area contributed by atoms with Crippen molar-refractivity contribution in [3.8, 4) is 5.75 Å². The van der Waals surface area contributed by atoms with Gasteiger partial charge >= 0.3 is 0 Å². The van der Waals surface area contributed by atoms with Gasteiger partial charge in [0.2, 0.25) is 6.10 Å². The Kier molecular flexibility index (Phi) is 5.56. The minimum atomic E-state index is -0.581. The second-order valence-electron chi connectivity index (χ2n) is 5.73. The molecular formula is C19H19ClN2O3. The lowest BCUT2D eigenvalue weighted by Crippen LogP contribution is -2.36. The van der Waals surface area contributed by atoms with E-state index in [-0.39, 0.29) is 5.91 Å². The normalized spacial score (nSPS) is 16.1. The molecule has 0 spiro atoms. The zero-order valence-electron chi connectivity index (χ0n) is 13.9. The molecular weight excluding hydrogens is 340 g/mol. The van der Waals surface area contributed by atoms with E-state index in [1.165, 1.54) is 0 Å². The molecule has 1 aliphatic heterocycles. The Bertz CT molecular complexity index is 757. The van der Waals surface area contributed by atoms with Crippen molar-refractivity contribution in [2.24, 2.45) is 5.16 Å². The second kappa shape index (κ2) is 8.03. The number of benzene rings is 2. The van der Waals surface area contributed by atoms with Gasteiger partial charge in [-0.1, -0.05) is 28.9 Å². The first kappa shape index (κ1) is 17.3. The lowest BCUT2D eigenvalue weighted by Gasteiger charge is -2.09. The van der Waals surface area contributed by atoms with Crippen LogP contribution in [0.5, 0.6) is 5.75 Å². The molecule has 130 valence electrons. The number of oxime groups is 1. The summed E-state index contributed by atoms with van der Waals surface area (Å²) in [6, 6.07) is 15.1. The lowest BCUT2D eigenvalue weighted by atomic mass is 10.0. The molecule has 0 aliphatic carbocycles. The van der Waals surface area contributed by atoms with Crippen molar-refractivity contribution in [3.63, 3.8) is 0 Å². The van der Waals surface area contributed by atoms with Crippen LogP contribution in [0.15, 0.2) is 53.7 Å². The molecule has 1 atom stereocenters. The summed E-state index contributed by atoms with van der Waals surface area (Å²) in [4.78, 5) is 17.5. The van der Waals surface area contributed by atoms with Gasteiger partial charge in [-0.3, -0.25) is 4.79 Å². The molecule has 1 N–H and O–H groups in total. The van der Waals surface area contributed by atoms with E-state index in [2.05, 4.69) is 10.5 Å². The number of carbonyl (C=O) groups excluding carboxylic acids is 1. The molecule has 6 heteroatoms. The standard InChI is InChI=1S/C19H19ClN2O3/c1-24-16-8-4-14(5-9-16)17-12-18(25-22-17)19(23)21-11-10-13-2-6-15(20)7-3-13/h2-9,18H,10-12H2,1H3,(H,21,23). The molecule has 5 nitrogen and oxygen atoms in total. The Hall–Kier alpha value is -2.53. The van der Waals surface area contributed by atoms with Crippen LogP contribution in [-0.4, -0.2) is 31.4 Å². The Morgan fingerprint density at radius 1 is 1.24 bits per heavy atom. The van der Waals surface area contributed by atoms with Crippen molar-refractivity contribution in [1.82, 2.24) is 5.32 Å². The van der Waals surface area contributed by atoms with Crippen LogP contribution in [0, 0.1) is 0 Å². The Morgan fingerprint density at radius 2 is 1.96 bits per heavy atom. The average Bonchev–Trinajstić information content (AvgIpc) is 3.13. The number of amides is 1. The summed E-state index contributed by atoms with van der Waals surface area (Å²) in [7, 11) is 1.62. The quantitative estimate of drug-likeness (QED) is 0.862. The average molecular weight is 359 g/mol. The number of methoxy groups -OCH3 is 1. The van der Waals surface area contributed by atoms with Gasteiger partial charge in [-0.05, 0) is 53.9 Å². The molecule has 3 rings (SSSR count). The Balaban J connectivity index is 1.47. The summed E-state index contributed by atoms with van der Waals surface area (Å²) >= 11 is 5.86. The fourth-order valence-electron chi connectivity index (χ4n) is 2.57. The van der Waals surface area contributed by atoms with E-state index in [4.69, 9.17) is 21.2 Å². The van der Waals surface area contributed by atoms with Crippen LogP contribution in [0.3, 0.4) is 0 Å². The minimum Gasteiger partial charge on any atom is -0.497 e. The largest absolute Gasteiger partial charge is 0.497 e. The highest BCUT2D eigenvalue weighted by Gasteiger charge is 2.28. The molecule has 25 heavy (non-hydrogen) atoms. The van der Waals surface area contributed by atoms with E-state index in [9.17, 15) is 4.79 Å². The maximum absolute atomic E-state index is 12.2. The van der Waals surface area contributed by atoms with Crippen molar-refractivity contribution < 1.29 is 14.4 Å². The van der Waals surface area contributed by atoms with Crippen molar-refractivity contribution in [1.29, 1.82) is 0 Å². The molecule has 1 heterocycles. The topological polar surface area (TPSA) is 59.9 Å². The molecule has 0 saturated carbocycles.